The SMILES string of the molecule is O=c1oc2ncccc2c2c1[nH]c1cc(F)c3c(c12)OCC3. The number of fused-ring (bicyclic) bond motifs is 7. The topological polar surface area (TPSA) is 68.1 Å². The minimum Gasteiger partial charge on any atom is -0.492 e. The van der Waals surface area contributed by atoms with Crippen molar-refractivity contribution in [3.8, 4) is 5.75 Å². The summed E-state index contributed by atoms with van der Waals surface area (Å²) in [6.07, 6.45) is 2.09. The van der Waals surface area contributed by atoms with Gasteiger partial charge in [0, 0.05) is 29.0 Å². The number of aromatic nitrogens is 2. The maximum absolute atomic E-state index is 14.1. The molecule has 1 aromatic carbocycles. The summed E-state index contributed by atoms with van der Waals surface area (Å²) in [5, 5.41) is 2.09. The van der Waals surface area contributed by atoms with E-state index in [1.54, 1.807) is 12.3 Å². The fourth-order valence-electron chi connectivity index (χ4n) is 3.21. The molecular weight excluding hydrogens is 287 g/mol. The molecule has 3 aromatic heterocycles. The van der Waals surface area contributed by atoms with Crippen LogP contribution in [0, 0.1) is 5.82 Å². The minimum atomic E-state index is -0.524. The van der Waals surface area contributed by atoms with E-state index >= 15 is 0 Å². The van der Waals surface area contributed by atoms with Gasteiger partial charge in [-0.1, -0.05) is 0 Å². The lowest BCUT2D eigenvalue weighted by atomic mass is 10.1. The Bertz CT molecular complexity index is 1140. The van der Waals surface area contributed by atoms with E-state index in [0.717, 1.165) is 5.39 Å². The Morgan fingerprint density at radius 1 is 1.32 bits per heavy atom. The molecule has 4 heterocycles. The molecule has 6 heteroatoms. The molecule has 5 rings (SSSR count). The zero-order valence-corrected chi connectivity index (χ0v) is 11.3. The van der Waals surface area contributed by atoms with Crippen molar-refractivity contribution in [3.63, 3.8) is 0 Å². The summed E-state index contributed by atoms with van der Waals surface area (Å²) in [6, 6.07) is 5.00. The minimum absolute atomic E-state index is 0.261. The number of nitrogens with zero attached hydrogens (tertiary/aromatic N) is 1. The van der Waals surface area contributed by atoms with Crippen LogP contribution in [0.25, 0.3) is 32.9 Å². The highest BCUT2D eigenvalue weighted by molar-refractivity contribution is 6.20. The number of pyridine rings is 1. The molecule has 0 saturated heterocycles. The largest absolute Gasteiger partial charge is 0.492 e. The van der Waals surface area contributed by atoms with E-state index in [2.05, 4.69) is 9.97 Å². The van der Waals surface area contributed by atoms with Crippen molar-refractivity contribution in [2.24, 2.45) is 0 Å². The summed E-state index contributed by atoms with van der Waals surface area (Å²) >= 11 is 0. The van der Waals surface area contributed by atoms with Gasteiger partial charge in [-0.2, -0.15) is 0 Å². The van der Waals surface area contributed by atoms with Gasteiger partial charge in [-0.3, -0.25) is 0 Å². The van der Waals surface area contributed by atoms with Crippen molar-refractivity contribution in [1.82, 2.24) is 9.97 Å². The summed E-state index contributed by atoms with van der Waals surface area (Å²) in [7, 11) is 0. The van der Waals surface area contributed by atoms with Crippen LogP contribution >= 0.6 is 0 Å². The molecule has 0 radical (unpaired) electrons. The Labute approximate surface area is 122 Å². The van der Waals surface area contributed by atoms with E-state index in [9.17, 15) is 9.18 Å². The molecule has 1 aliphatic heterocycles. The predicted molar refractivity (Wildman–Crippen MR) is 78.8 cm³/mol. The van der Waals surface area contributed by atoms with Crippen LogP contribution in [0.2, 0.25) is 0 Å². The third-order valence-electron chi connectivity index (χ3n) is 4.12. The lowest BCUT2D eigenvalue weighted by molar-refractivity contribution is 0.360. The fourth-order valence-corrected chi connectivity index (χ4v) is 3.21. The van der Waals surface area contributed by atoms with Crippen LogP contribution in [0.3, 0.4) is 0 Å². The number of hydrogen-bond donors (Lipinski definition) is 1. The Hall–Kier alpha value is -2.89. The molecule has 0 fully saturated rings. The smallest absolute Gasteiger partial charge is 0.362 e. The van der Waals surface area contributed by atoms with Crippen molar-refractivity contribution in [2.75, 3.05) is 6.61 Å². The third-order valence-corrected chi connectivity index (χ3v) is 4.12. The second kappa shape index (κ2) is 3.85. The van der Waals surface area contributed by atoms with E-state index in [-0.39, 0.29) is 11.5 Å². The number of ether oxygens (including phenoxy) is 1. The molecule has 5 nitrogen and oxygen atoms in total. The van der Waals surface area contributed by atoms with Gasteiger partial charge in [0.05, 0.1) is 17.5 Å². The number of aromatic amines is 1. The van der Waals surface area contributed by atoms with Gasteiger partial charge in [-0.25, -0.2) is 14.2 Å². The van der Waals surface area contributed by atoms with Crippen molar-refractivity contribution < 1.29 is 13.5 Å². The molecule has 4 aromatic rings. The molecule has 0 amide bonds. The summed E-state index contributed by atoms with van der Waals surface area (Å²) in [6.45, 7) is 0.440. The average molecular weight is 296 g/mol. The Balaban J connectivity index is 2.15. The van der Waals surface area contributed by atoms with E-state index < -0.39 is 5.63 Å². The summed E-state index contributed by atoms with van der Waals surface area (Å²) in [5.41, 5.74) is 1.12. The van der Waals surface area contributed by atoms with Gasteiger partial charge in [0.15, 0.2) is 0 Å². The zero-order chi connectivity index (χ0) is 14.8. The van der Waals surface area contributed by atoms with Crippen molar-refractivity contribution in [1.29, 1.82) is 0 Å². The van der Waals surface area contributed by atoms with Crippen LogP contribution < -0.4 is 10.4 Å². The van der Waals surface area contributed by atoms with Gasteiger partial charge in [0.2, 0.25) is 5.71 Å². The molecule has 108 valence electrons. The monoisotopic (exact) mass is 296 g/mol. The summed E-state index contributed by atoms with van der Waals surface area (Å²) < 4.78 is 25.0. The van der Waals surface area contributed by atoms with Gasteiger partial charge < -0.3 is 14.1 Å². The Morgan fingerprint density at radius 2 is 2.23 bits per heavy atom. The van der Waals surface area contributed by atoms with Crippen LogP contribution in [0.5, 0.6) is 5.75 Å². The van der Waals surface area contributed by atoms with Crippen LogP contribution in [0.4, 0.5) is 4.39 Å². The first kappa shape index (κ1) is 11.7. The standard InChI is InChI=1S/C16H9FN2O3/c17-9-6-10-12(14-7(9)3-5-21-14)11-8-2-1-4-18-15(8)22-16(20)13(11)19-10/h1-2,4,6,19H,3,5H2. The lowest BCUT2D eigenvalue weighted by Crippen LogP contribution is -2.00. The second-order valence-electron chi connectivity index (χ2n) is 5.31. The van der Waals surface area contributed by atoms with E-state index in [1.807, 2.05) is 6.07 Å². The van der Waals surface area contributed by atoms with Crippen LogP contribution in [0.15, 0.2) is 33.6 Å². The molecule has 0 unspecified atom stereocenters. The first-order chi connectivity index (χ1) is 10.7. The third kappa shape index (κ3) is 1.32. The van der Waals surface area contributed by atoms with E-state index in [4.69, 9.17) is 9.15 Å². The number of nitrogens with one attached hydrogen (secondary N) is 1. The number of halogens is 1. The van der Waals surface area contributed by atoms with Gasteiger partial charge >= 0.3 is 5.63 Å². The van der Waals surface area contributed by atoms with E-state index in [1.165, 1.54) is 6.07 Å². The van der Waals surface area contributed by atoms with Crippen LogP contribution in [-0.4, -0.2) is 16.6 Å². The summed E-state index contributed by atoms with van der Waals surface area (Å²) in [4.78, 5) is 19.2. The van der Waals surface area contributed by atoms with Crippen molar-refractivity contribution in [2.45, 2.75) is 6.42 Å². The number of rotatable bonds is 0. The van der Waals surface area contributed by atoms with Crippen LogP contribution in [-0.2, 0) is 6.42 Å². The molecule has 0 bridgehead atoms. The first-order valence-corrected chi connectivity index (χ1v) is 6.91. The van der Waals surface area contributed by atoms with Crippen molar-refractivity contribution >= 4 is 32.9 Å². The molecule has 22 heavy (non-hydrogen) atoms. The lowest BCUT2D eigenvalue weighted by Gasteiger charge is -2.04. The van der Waals surface area contributed by atoms with Gasteiger partial charge in [0.25, 0.3) is 0 Å². The number of H-pyrrole nitrogens is 1. The molecule has 0 spiro atoms. The molecule has 0 aliphatic carbocycles. The molecule has 1 aliphatic rings. The Morgan fingerprint density at radius 3 is 3.14 bits per heavy atom. The Kier molecular flexibility index (Phi) is 2.05. The maximum Gasteiger partial charge on any atom is 0.362 e. The zero-order valence-electron chi connectivity index (χ0n) is 11.3. The molecule has 0 atom stereocenters. The quantitative estimate of drug-likeness (QED) is 0.542. The molecular formula is C16H9FN2O3. The number of benzene rings is 1. The van der Waals surface area contributed by atoms with Crippen molar-refractivity contribution in [3.05, 3.63) is 46.2 Å². The highest BCUT2D eigenvalue weighted by Crippen LogP contribution is 2.41. The van der Waals surface area contributed by atoms with E-state index in [0.29, 0.717) is 46.1 Å². The normalized spacial score (nSPS) is 13.9. The maximum atomic E-state index is 14.1. The summed E-state index contributed by atoms with van der Waals surface area (Å²) in [5.74, 6) is 0.190. The van der Waals surface area contributed by atoms with Gasteiger partial charge in [0.1, 0.15) is 17.1 Å². The average Bonchev–Trinajstić information content (AvgIpc) is 3.11. The van der Waals surface area contributed by atoms with Gasteiger partial charge in [-0.05, 0) is 18.2 Å². The second-order valence-corrected chi connectivity index (χ2v) is 5.31. The van der Waals surface area contributed by atoms with Gasteiger partial charge in [-0.15, -0.1) is 0 Å². The highest BCUT2D eigenvalue weighted by Gasteiger charge is 2.25. The first-order valence-electron chi connectivity index (χ1n) is 6.91. The molecule has 0 saturated carbocycles. The fraction of sp³-hybridized carbons (Fsp3) is 0.125. The predicted octanol–water partition coefficient (Wildman–Crippen LogP) is 2.90. The highest BCUT2D eigenvalue weighted by atomic mass is 19.1. The van der Waals surface area contributed by atoms with Crippen LogP contribution in [0.1, 0.15) is 5.56 Å². The number of hydrogen-bond acceptors (Lipinski definition) is 4. The molecule has 1 N–H and O–H groups in total.